The summed E-state index contributed by atoms with van der Waals surface area (Å²) in [5.74, 6) is 0. The van der Waals surface area contributed by atoms with Crippen LogP contribution in [0, 0.1) is 0 Å². The van der Waals surface area contributed by atoms with Gasteiger partial charge in [-0.2, -0.15) is 0 Å². The molecule has 0 saturated carbocycles. The van der Waals surface area contributed by atoms with Crippen LogP contribution in [0.1, 0.15) is 22.3 Å². The molecule has 0 fully saturated rings. The summed E-state index contributed by atoms with van der Waals surface area (Å²) in [5, 5.41) is 22.9. The molecule has 0 aliphatic carbocycles. The van der Waals surface area contributed by atoms with Crippen molar-refractivity contribution in [3.63, 3.8) is 0 Å². The number of carbonyl (C=O) groups is 2. The van der Waals surface area contributed by atoms with Crippen molar-refractivity contribution >= 4 is 12.9 Å². The molecule has 4 aromatic carbocycles. The molecule has 0 heterocycles. The first-order valence-corrected chi connectivity index (χ1v) is 12.5. The summed E-state index contributed by atoms with van der Waals surface area (Å²) in [6, 6.07) is 35.5. The number of aliphatic hydroxyl groups is 2. The Hall–Kier alpha value is -4.30. The van der Waals surface area contributed by atoms with Gasteiger partial charge in [0.25, 0.3) is 12.9 Å². The highest BCUT2D eigenvalue weighted by Gasteiger charge is 2.46. The van der Waals surface area contributed by atoms with Gasteiger partial charge >= 0.3 is 0 Å². The normalized spacial score (nSPS) is 13.2. The van der Waals surface area contributed by atoms with E-state index in [2.05, 4.69) is 0 Å². The van der Waals surface area contributed by atoms with E-state index in [1.54, 1.807) is 97.1 Å². The molecule has 200 valence electrons. The maximum absolute atomic E-state index is 11.7. The van der Waals surface area contributed by atoms with Crippen molar-refractivity contribution in [2.75, 3.05) is 13.2 Å². The molecule has 4 rings (SSSR count). The first-order chi connectivity index (χ1) is 19.1. The van der Waals surface area contributed by atoms with E-state index >= 15 is 0 Å². The second-order valence-electron chi connectivity index (χ2n) is 8.93. The minimum absolute atomic E-state index is 0.297. The van der Waals surface area contributed by atoms with E-state index < -0.39 is 23.4 Å². The molecule has 0 amide bonds. The Balaban J connectivity index is 1.64. The Kier molecular flexibility index (Phi) is 9.22. The molecule has 7 nitrogen and oxygen atoms in total. The zero-order valence-corrected chi connectivity index (χ0v) is 21.2. The van der Waals surface area contributed by atoms with Crippen LogP contribution in [0.3, 0.4) is 0 Å². The predicted molar refractivity (Wildman–Crippen MR) is 144 cm³/mol. The van der Waals surface area contributed by atoms with Crippen molar-refractivity contribution in [1.29, 1.82) is 0 Å². The highest BCUT2D eigenvalue weighted by molar-refractivity contribution is 5.48. The van der Waals surface area contributed by atoms with Crippen LogP contribution >= 0.6 is 0 Å². The molecule has 0 aliphatic rings. The second kappa shape index (κ2) is 13.0. The lowest BCUT2D eigenvalue weighted by Gasteiger charge is -2.39. The average molecular weight is 527 g/mol. The quantitative estimate of drug-likeness (QED) is 0.240. The van der Waals surface area contributed by atoms with Crippen molar-refractivity contribution in [3.8, 4) is 0 Å². The van der Waals surface area contributed by atoms with E-state index in [1.807, 2.05) is 24.3 Å². The lowest BCUT2D eigenvalue weighted by atomic mass is 9.81. The van der Waals surface area contributed by atoms with Crippen LogP contribution in [-0.4, -0.2) is 48.6 Å². The number of hydrogen-bond acceptors (Lipinski definition) is 7. The van der Waals surface area contributed by atoms with Crippen LogP contribution < -0.4 is 0 Å². The summed E-state index contributed by atoms with van der Waals surface area (Å²) in [4.78, 5) is 23.4. The maximum atomic E-state index is 11.7. The fourth-order valence-corrected chi connectivity index (χ4v) is 4.95. The molecule has 0 aliphatic heterocycles. The van der Waals surface area contributed by atoms with Crippen LogP contribution in [0.15, 0.2) is 121 Å². The van der Waals surface area contributed by atoms with Gasteiger partial charge in [-0.25, -0.2) is 0 Å². The molecule has 2 unspecified atom stereocenters. The summed E-state index contributed by atoms with van der Waals surface area (Å²) in [5.41, 5.74) is -0.937. The van der Waals surface area contributed by atoms with Crippen molar-refractivity contribution in [2.24, 2.45) is 0 Å². The largest absolute Gasteiger partial charge is 0.449 e. The molecule has 0 saturated heterocycles. The summed E-state index contributed by atoms with van der Waals surface area (Å²) in [6.45, 7) is -0.0253. The molecular weight excluding hydrogens is 496 g/mol. The van der Waals surface area contributed by atoms with E-state index in [-0.39, 0.29) is 13.2 Å². The molecule has 0 spiro atoms. The van der Waals surface area contributed by atoms with Crippen molar-refractivity contribution < 1.29 is 34.0 Å². The Morgan fingerprint density at radius 3 is 1.00 bits per heavy atom. The summed E-state index contributed by atoms with van der Waals surface area (Å²) in [7, 11) is 0. The molecule has 0 bridgehead atoms. The van der Waals surface area contributed by atoms with Gasteiger partial charge in [0.15, 0.2) is 11.2 Å². The third-order valence-corrected chi connectivity index (χ3v) is 6.77. The molecule has 39 heavy (non-hydrogen) atoms. The van der Waals surface area contributed by atoms with E-state index in [0.717, 1.165) is 0 Å². The summed E-state index contributed by atoms with van der Waals surface area (Å²) < 4.78 is 17.1. The number of hydrogen-bond donors (Lipinski definition) is 2. The van der Waals surface area contributed by atoms with Gasteiger partial charge in [0.05, 0.1) is 13.2 Å². The smallest absolute Gasteiger partial charge is 0.294 e. The summed E-state index contributed by atoms with van der Waals surface area (Å²) in [6.07, 6.45) is -2.70. The van der Waals surface area contributed by atoms with E-state index in [4.69, 9.17) is 14.2 Å². The Morgan fingerprint density at radius 1 is 0.513 bits per heavy atom. The average Bonchev–Trinajstić information content (AvgIpc) is 3.00. The second-order valence-corrected chi connectivity index (χ2v) is 8.93. The monoisotopic (exact) mass is 526 g/mol. The van der Waals surface area contributed by atoms with Gasteiger partial charge in [-0.3, -0.25) is 9.59 Å². The standard InChI is InChI=1S/C32H30O7/c33-23-38-31(25-13-5-1-6-14-25,26-15-7-2-8-16-26)29(35)21-37-22-30(36)32(39-24-34,27-17-9-3-10-18-27)28-19-11-4-12-20-28/h1-20,23-24,29-30,35-36H,21-22H2. The Bertz CT molecular complexity index is 1120. The third-order valence-electron chi connectivity index (χ3n) is 6.77. The lowest BCUT2D eigenvalue weighted by molar-refractivity contribution is -0.167. The third kappa shape index (κ3) is 5.61. The van der Waals surface area contributed by atoms with Gasteiger partial charge < -0.3 is 24.4 Å². The molecule has 2 N–H and O–H groups in total. The number of aliphatic hydroxyl groups excluding tert-OH is 2. The zero-order chi connectivity index (χ0) is 27.6. The zero-order valence-electron chi connectivity index (χ0n) is 21.2. The first-order valence-electron chi connectivity index (χ1n) is 12.5. The van der Waals surface area contributed by atoms with E-state index in [0.29, 0.717) is 35.2 Å². The molecule has 4 aromatic rings. The fourth-order valence-electron chi connectivity index (χ4n) is 4.95. The SMILES string of the molecule is O=COC(c1ccccc1)(c1ccccc1)C(O)COCC(O)C(OC=O)(c1ccccc1)c1ccccc1. The van der Waals surface area contributed by atoms with Crippen molar-refractivity contribution in [3.05, 3.63) is 144 Å². The van der Waals surface area contributed by atoms with Crippen LogP contribution in [0.5, 0.6) is 0 Å². The van der Waals surface area contributed by atoms with Gasteiger partial charge in [0, 0.05) is 22.3 Å². The molecule has 0 aromatic heterocycles. The highest BCUT2D eigenvalue weighted by Crippen LogP contribution is 2.39. The molecule has 2 atom stereocenters. The van der Waals surface area contributed by atoms with Gasteiger partial charge in [-0.1, -0.05) is 121 Å². The van der Waals surface area contributed by atoms with Crippen LogP contribution in [-0.2, 0) is 35.0 Å². The van der Waals surface area contributed by atoms with Gasteiger partial charge in [0.1, 0.15) is 12.2 Å². The Morgan fingerprint density at radius 2 is 0.769 bits per heavy atom. The molecular formula is C32H30O7. The number of benzene rings is 4. The van der Waals surface area contributed by atoms with Gasteiger partial charge in [-0.15, -0.1) is 0 Å². The first kappa shape index (κ1) is 27.7. The van der Waals surface area contributed by atoms with E-state index in [9.17, 15) is 19.8 Å². The topological polar surface area (TPSA) is 102 Å². The van der Waals surface area contributed by atoms with Gasteiger partial charge in [-0.05, 0) is 0 Å². The number of rotatable bonds is 14. The molecule has 0 radical (unpaired) electrons. The van der Waals surface area contributed by atoms with Crippen LogP contribution in [0.2, 0.25) is 0 Å². The van der Waals surface area contributed by atoms with E-state index in [1.165, 1.54) is 0 Å². The van der Waals surface area contributed by atoms with Crippen molar-refractivity contribution in [2.45, 2.75) is 23.4 Å². The lowest BCUT2D eigenvalue weighted by Crippen LogP contribution is -2.48. The Labute approximate surface area is 227 Å². The number of carbonyl (C=O) groups excluding carboxylic acids is 2. The van der Waals surface area contributed by atoms with Crippen molar-refractivity contribution in [1.82, 2.24) is 0 Å². The molecule has 7 heteroatoms. The van der Waals surface area contributed by atoms with Crippen LogP contribution in [0.4, 0.5) is 0 Å². The summed E-state index contributed by atoms with van der Waals surface area (Å²) >= 11 is 0. The minimum atomic E-state index is -1.57. The maximum Gasteiger partial charge on any atom is 0.294 e. The fraction of sp³-hybridized carbons (Fsp3) is 0.188. The predicted octanol–water partition coefficient (Wildman–Crippen LogP) is 3.96. The van der Waals surface area contributed by atoms with Crippen LogP contribution in [0.25, 0.3) is 0 Å². The van der Waals surface area contributed by atoms with Gasteiger partial charge in [0.2, 0.25) is 0 Å². The minimum Gasteiger partial charge on any atom is -0.449 e. The number of ether oxygens (including phenoxy) is 3. The highest BCUT2D eigenvalue weighted by atomic mass is 16.6.